The Bertz CT molecular complexity index is 1150. The van der Waals surface area contributed by atoms with Gasteiger partial charge in [-0.25, -0.2) is 8.78 Å². The van der Waals surface area contributed by atoms with Crippen LogP contribution in [0, 0.1) is 11.8 Å². The second kappa shape index (κ2) is 10.2. The highest BCUT2D eigenvalue weighted by molar-refractivity contribution is 5.82. The Hall–Kier alpha value is -2.51. The summed E-state index contributed by atoms with van der Waals surface area (Å²) in [6.45, 7) is 3.50. The maximum Gasteiger partial charge on any atom is 0.248 e. The lowest BCUT2D eigenvalue weighted by atomic mass is 9.67. The number of benzene rings is 2. The highest BCUT2D eigenvalue weighted by Crippen LogP contribution is 2.46. The molecular weight excluding hydrogens is 484 g/mol. The first-order valence-electron chi connectivity index (χ1n) is 14.2. The van der Waals surface area contributed by atoms with E-state index >= 15 is 0 Å². The zero-order chi connectivity index (χ0) is 26.3. The van der Waals surface area contributed by atoms with Crippen LogP contribution in [0.25, 0.3) is 0 Å². The maximum atomic E-state index is 14.5. The van der Waals surface area contributed by atoms with E-state index < -0.39 is 5.92 Å². The van der Waals surface area contributed by atoms with Gasteiger partial charge in [0.1, 0.15) is 5.75 Å². The molecule has 5 nitrogen and oxygen atoms in total. The molecule has 0 radical (unpaired) electrons. The number of hydrogen-bond donors (Lipinski definition) is 2. The molecule has 1 saturated carbocycles. The number of ether oxygens (including phenoxy) is 1. The Morgan fingerprint density at radius 2 is 1.76 bits per heavy atom. The molecule has 1 spiro atoms. The van der Waals surface area contributed by atoms with E-state index in [1.807, 2.05) is 18.2 Å². The van der Waals surface area contributed by atoms with Crippen molar-refractivity contribution in [2.75, 3.05) is 33.3 Å². The summed E-state index contributed by atoms with van der Waals surface area (Å²) in [6.07, 6.45) is 2.58. The summed E-state index contributed by atoms with van der Waals surface area (Å²) in [6, 6.07) is 16.7. The molecule has 3 heterocycles. The van der Waals surface area contributed by atoms with Gasteiger partial charge in [-0.05, 0) is 54.7 Å². The van der Waals surface area contributed by atoms with Crippen molar-refractivity contribution >= 4 is 5.91 Å². The first-order chi connectivity index (χ1) is 18.4. The van der Waals surface area contributed by atoms with Crippen LogP contribution in [0.1, 0.15) is 61.1 Å². The van der Waals surface area contributed by atoms with Gasteiger partial charge in [-0.3, -0.25) is 4.79 Å². The number of nitrogens with one attached hydrogen (secondary N) is 2. The molecule has 2 aromatic rings. The van der Waals surface area contributed by atoms with Crippen molar-refractivity contribution in [3.63, 3.8) is 0 Å². The SMILES string of the molecule is COc1cccc2c1CNC[C@]21CNC[C@H]1C(=O)N1CC[C@@H](c2ccccc2)C[C@H]1C1CCC(F)(F)CC1. The lowest BCUT2D eigenvalue weighted by molar-refractivity contribution is -0.144. The van der Waals surface area contributed by atoms with Crippen LogP contribution >= 0.6 is 0 Å². The summed E-state index contributed by atoms with van der Waals surface area (Å²) >= 11 is 0. The van der Waals surface area contributed by atoms with E-state index in [1.165, 1.54) is 11.1 Å². The highest BCUT2D eigenvalue weighted by atomic mass is 19.3. The molecule has 204 valence electrons. The summed E-state index contributed by atoms with van der Waals surface area (Å²) in [7, 11) is 1.70. The zero-order valence-electron chi connectivity index (χ0n) is 22.2. The Labute approximate surface area is 224 Å². The number of alkyl halides is 2. The molecule has 2 saturated heterocycles. The van der Waals surface area contributed by atoms with Gasteiger partial charge in [0, 0.05) is 62.6 Å². The molecule has 6 rings (SSSR count). The van der Waals surface area contributed by atoms with Gasteiger partial charge in [-0.2, -0.15) is 0 Å². The number of halogens is 2. The molecule has 4 atom stereocenters. The van der Waals surface area contributed by atoms with Gasteiger partial charge in [-0.1, -0.05) is 42.5 Å². The van der Waals surface area contributed by atoms with Crippen LogP contribution < -0.4 is 15.4 Å². The number of fused-ring (bicyclic) bond motifs is 2. The number of methoxy groups -OCH3 is 1. The zero-order valence-corrected chi connectivity index (χ0v) is 22.2. The number of rotatable bonds is 4. The molecule has 2 aromatic carbocycles. The van der Waals surface area contributed by atoms with Crippen molar-refractivity contribution < 1.29 is 18.3 Å². The third-order valence-electron chi connectivity index (χ3n) is 9.89. The van der Waals surface area contributed by atoms with Gasteiger partial charge in [0.2, 0.25) is 11.8 Å². The Morgan fingerprint density at radius 1 is 1.00 bits per heavy atom. The third-order valence-corrected chi connectivity index (χ3v) is 9.89. The van der Waals surface area contributed by atoms with Crippen LogP contribution in [0.3, 0.4) is 0 Å². The smallest absolute Gasteiger partial charge is 0.248 e. The second-order valence-corrected chi connectivity index (χ2v) is 11.9. The number of carbonyl (C=O) groups excluding carboxylic acids is 1. The second-order valence-electron chi connectivity index (χ2n) is 11.9. The molecule has 1 aliphatic carbocycles. The molecule has 4 aliphatic rings. The Morgan fingerprint density at radius 3 is 2.53 bits per heavy atom. The van der Waals surface area contributed by atoms with Crippen molar-refractivity contribution in [2.24, 2.45) is 11.8 Å². The lowest BCUT2D eigenvalue weighted by Gasteiger charge is -2.48. The molecule has 7 heteroatoms. The first-order valence-corrected chi connectivity index (χ1v) is 14.2. The Kier molecular flexibility index (Phi) is 6.93. The molecule has 3 fully saturated rings. The maximum absolute atomic E-state index is 14.5. The van der Waals surface area contributed by atoms with Gasteiger partial charge < -0.3 is 20.3 Å². The van der Waals surface area contributed by atoms with Crippen LogP contribution in [-0.4, -0.2) is 56.1 Å². The molecule has 0 aromatic heterocycles. The fraction of sp³-hybridized carbons (Fsp3) is 0.581. The number of amides is 1. The highest BCUT2D eigenvalue weighted by Gasteiger charge is 2.53. The van der Waals surface area contributed by atoms with Crippen LogP contribution in [0.4, 0.5) is 8.78 Å². The third kappa shape index (κ3) is 4.51. The quantitative estimate of drug-likeness (QED) is 0.601. The van der Waals surface area contributed by atoms with Crippen molar-refractivity contribution in [1.29, 1.82) is 0 Å². The number of piperidine rings is 1. The van der Waals surface area contributed by atoms with E-state index in [0.717, 1.165) is 43.8 Å². The van der Waals surface area contributed by atoms with Gasteiger partial charge in [0.15, 0.2) is 0 Å². The Balaban J connectivity index is 1.31. The topological polar surface area (TPSA) is 53.6 Å². The van der Waals surface area contributed by atoms with Gasteiger partial charge in [0.05, 0.1) is 13.0 Å². The molecule has 2 N–H and O–H groups in total. The monoisotopic (exact) mass is 523 g/mol. The van der Waals surface area contributed by atoms with Crippen LogP contribution in [0.5, 0.6) is 5.75 Å². The summed E-state index contributed by atoms with van der Waals surface area (Å²) < 4.78 is 33.9. The fourth-order valence-corrected chi connectivity index (χ4v) is 7.86. The van der Waals surface area contributed by atoms with E-state index in [9.17, 15) is 13.6 Å². The lowest BCUT2D eigenvalue weighted by Crippen LogP contribution is -2.57. The first kappa shape index (κ1) is 25.8. The minimum atomic E-state index is -2.57. The number of hydrogen-bond acceptors (Lipinski definition) is 4. The number of likely N-dealkylation sites (tertiary alicyclic amines) is 1. The average Bonchev–Trinajstić information content (AvgIpc) is 3.36. The summed E-state index contributed by atoms with van der Waals surface area (Å²) in [4.78, 5) is 16.7. The van der Waals surface area contributed by atoms with Crippen molar-refractivity contribution in [3.05, 3.63) is 65.2 Å². The predicted octanol–water partition coefficient (Wildman–Crippen LogP) is 4.86. The van der Waals surface area contributed by atoms with Gasteiger partial charge >= 0.3 is 0 Å². The van der Waals surface area contributed by atoms with E-state index in [4.69, 9.17) is 4.74 Å². The molecule has 38 heavy (non-hydrogen) atoms. The predicted molar refractivity (Wildman–Crippen MR) is 144 cm³/mol. The largest absolute Gasteiger partial charge is 0.496 e. The normalized spacial score (nSPS) is 31.2. The molecule has 1 amide bonds. The van der Waals surface area contributed by atoms with E-state index in [-0.39, 0.29) is 42.0 Å². The van der Waals surface area contributed by atoms with Crippen molar-refractivity contribution in [1.82, 2.24) is 15.5 Å². The molecule has 0 unspecified atom stereocenters. The van der Waals surface area contributed by atoms with Gasteiger partial charge in [0.25, 0.3) is 0 Å². The molecular formula is C31H39F2N3O2. The van der Waals surface area contributed by atoms with Crippen molar-refractivity contribution in [2.45, 2.75) is 68.4 Å². The van der Waals surface area contributed by atoms with Gasteiger partial charge in [-0.15, -0.1) is 0 Å². The average molecular weight is 524 g/mol. The minimum absolute atomic E-state index is 0.00321. The number of nitrogens with zero attached hydrogens (tertiary/aromatic N) is 1. The van der Waals surface area contributed by atoms with E-state index in [2.05, 4.69) is 45.9 Å². The van der Waals surface area contributed by atoms with E-state index in [0.29, 0.717) is 31.8 Å². The van der Waals surface area contributed by atoms with E-state index in [1.54, 1.807) is 7.11 Å². The standard InChI is InChI=1S/C31H39F2N3O2/c1-38-28-9-5-8-25-24(28)17-34-19-30(25)20-35-18-26(30)29(37)36-15-12-23(21-6-3-2-4-7-21)16-27(36)22-10-13-31(32,33)14-11-22/h2-9,22-23,26-27,34-35H,10-20H2,1H3/t23-,26+,27+,30+/m1/s1. The minimum Gasteiger partial charge on any atom is -0.496 e. The van der Waals surface area contributed by atoms with Crippen LogP contribution in [0.2, 0.25) is 0 Å². The summed E-state index contributed by atoms with van der Waals surface area (Å²) in [5.74, 6) is -1.27. The fourth-order valence-electron chi connectivity index (χ4n) is 7.86. The molecule has 0 bridgehead atoms. The summed E-state index contributed by atoms with van der Waals surface area (Å²) in [5.41, 5.74) is 3.28. The van der Waals surface area contributed by atoms with Crippen molar-refractivity contribution in [3.8, 4) is 5.75 Å². The molecule has 3 aliphatic heterocycles. The van der Waals surface area contributed by atoms with Crippen LogP contribution in [-0.2, 0) is 16.8 Å². The van der Waals surface area contributed by atoms with Crippen LogP contribution in [0.15, 0.2) is 48.5 Å². The number of carbonyl (C=O) groups is 1. The summed E-state index contributed by atoms with van der Waals surface area (Å²) in [5, 5.41) is 7.12.